The lowest BCUT2D eigenvalue weighted by Crippen LogP contribution is -2.46. The molecule has 1 spiro atoms. The molecule has 2 heterocycles. The van der Waals surface area contributed by atoms with Gasteiger partial charge in [-0.15, -0.1) is 0 Å². The lowest BCUT2D eigenvalue weighted by Gasteiger charge is -2.45. The first-order valence-electron chi connectivity index (χ1n) is 8.13. The second-order valence-electron chi connectivity index (χ2n) is 6.89. The molecule has 1 N–H and O–H groups in total. The van der Waals surface area contributed by atoms with Crippen LogP contribution in [0.4, 0.5) is 0 Å². The van der Waals surface area contributed by atoms with E-state index in [-0.39, 0.29) is 5.60 Å². The van der Waals surface area contributed by atoms with Gasteiger partial charge in [0.25, 0.3) is 0 Å². The maximum absolute atomic E-state index is 6.19. The Labute approximate surface area is 117 Å². The van der Waals surface area contributed by atoms with E-state index in [1.54, 1.807) is 0 Å². The summed E-state index contributed by atoms with van der Waals surface area (Å²) in [5.41, 5.74) is 0.165. The molecule has 0 aromatic heterocycles. The molecule has 2 aliphatic heterocycles. The molecule has 4 atom stereocenters. The van der Waals surface area contributed by atoms with Crippen molar-refractivity contribution in [2.75, 3.05) is 26.9 Å². The van der Waals surface area contributed by atoms with E-state index >= 15 is 0 Å². The van der Waals surface area contributed by atoms with Crippen molar-refractivity contribution >= 4 is 0 Å². The van der Waals surface area contributed by atoms with Crippen molar-refractivity contribution in [1.82, 2.24) is 5.32 Å². The molecule has 2 saturated heterocycles. The van der Waals surface area contributed by atoms with E-state index in [4.69, 9.17) is 9.47 Å². The van der Waals surface area contributed by atoms with E-state index in [1.807, 2.05) is 0 Å². The van der Waals surface area contributed by atoms with Crippen molar-refractivity contribution in [3.63, 3.8) is 0 Å². The Morgan fingerprint density at radius 1 is 1.05 bits per heavy atom. The fourth-order valence-electron chi connectivity index (χ4n) is 4.79. The zero-order valence-corrected chi connectivity index (χ0v) is 12.5. The Morgan fingerprint density at radius 2 is 1.84 bits per heavy atom. The monoisotopic (exact) mass is 267 g/mol. The highest BCUT2D eigenvalue weighted by Crippen LogP contribution is 2.46. The lowest BCUT2D eigenvalue weighted by atomic mass is 9.72. The highest BCUT2D eigenvalue weighted by atomic mass is 16.5. The predicted octanol–water partition coefficient (Wildman–Crippen LogP) is 2.60. The van der Waals surface area contributed by atoms with Gasteiger partial charge in [0, 0.05) is 25.9 Å². The Kier molecular flexibility index (Phi) is 4.16. The Morgan fingerprint density at radius 3 is 2.53 bits per heavy atom. The zero-order valence-electron chi connectivity index (χ0n) is 12.5. The Balaban J connectivity index is 1.65. The highest BCUT2D eigenvalue weighted by Gasteiger charge is 2.44. The normalized spacial score (nSPS) is 42.6. The third-order valence-corrected chi connectivity index (χ3v) is 6.03. The summed E-state index contributed by atoms with van der Waals surface area (Å²) in [6.45, 7) is 5.21. The van der Waals surface area contributed by atoms with Crippen LogP contribution in [0.25, 0.3) is 0 Å². The third kappa shape index (κ3) is 2.70. The molecule has 0 aromatic carbocycles. The molecular weight excluding hydrogens is 238 g/mol. The van der Waals surface area contributed by atoms with Crippen LogP contribution < -0.4 is 5.32 Å². The molecule has 0 amide bonds. The summed E-state index contributed by atoms with van der Waals surface area (Å²) in [5, 5.41) is 3.50. The largest absolute Gasteiger partial charge is 0.381 e. The van der Waals surface area contributed by atoms with Gasteiger partial charge in [-0.25, -0.2) is 0 Å². The molecule has 3 aliphatic rings. The molecule has 1 aliphatic carbocycles. The van der Waals surface area contributed by atoms with Crippen LogP contribution in [0.5, 0.6) is 0 Å². The number of hydrogen-bond acceptors (Lipinski definition) is 3. The molecule has 1 saturated carbocycles. The molecule has 3 nitrogen and oxygen atoms in total. The van der Waals surface area contributed by atoms with Gasteiger partial charge in [0.1, 0.15) is 0 Å². The van der Waals surface area contributed by atoms with Crippen LogP contribution in [0.2, 0.25) is 0 Å². The maximum atomic E-state index is 6.19. The van der Waals surface area contributed by atoms with Crippen LogP contribution in [0, 0.1) is 17.8 Å². The SMILES string of the molecule is CNC1CCC(C2CCOC3(CCOCC3)C2)C1C. The van der Waals surface area contributed by atoms with Gasteiger partial charge in [0.2, 0.25) is 0 Å². The molecule has 0 aromatic rings. The number of hydrogen-bond donors (Lipinski definition) is 1. The van der Waals surface area contributed by atoms with E-state index in [1.165, 1.54) is 25.7 Å². The van der Waals surface area contributed by atoms with Gasteiger partial charge < -0.3 is 14.8 Å². The average Bonchev–Trinajstić information content (AvgIpc) is 2.81. The van der Waals surface area contributed by atoms with Crippen molar-refractivity contribution in [3.8, 4) is 0 Å². The van der Waals surface area contributed by atoms with Crippen molar-refractivity contribution in [3.05, 3.63) is 0 Å². The van der Waals surface area contributed by atoms with Crippen LogP contribution in [0.3, 0.4) is 0 Å². The molecular formula is C16H29NO2. The molecule has 110 valence electrons. The molecule has 19 heavy (non-hydrogen) atoms. The van der Waals surface area contributed by atoms with Crippen molar-refractivity contribution in [2.45, 2.75) is 57.1 Å². The third-order valence-electron chi connectivity index (χ3n) is 6.03. The summed E-state index contributed by atoms with van der Waals surface area (Å²) in [5.74, 6) is 2.60. The van der Waals surface area contributed by atoms with Crippen LogP contribution in [0.15, 0.2) is 0 Å². The van der Waals surface area contributed by atoms with E-state index in [2.05, 4.69) is 19.3 Å². The van der Waals surface area contributed by atoms with Crippen LogP contribution >= 0.6 is 0 Å². The molecule has 0 radical (unpaired) electrons. The number of ether oxygens (including phenoxy) is 2. The fraction of sp³-hybridized carbons (Fsp3) is 1.00. The lowest BCUT2D eigenvalue weighted by molar-refractivity contribution is -0.154. The van der Waals surface area contributed by atoms with Gasteiger partial charge >= 0.3 is 0 Å². The van der Waals surface area contributed by atoms with Gasteiger partial charge in [0.05, 0.1) is 5.60 Å². The first-order valence-corrected chi connectivity index (χ1v) is 8.13. The van der Waals surface area contributed by atoms with Gasteiger partial charge in [0.15, 0.2) is 0 Å². The topological polar surface area (TPSA) is 30.5 Å². The van der Waals surface area contributed by atoms with Gasteiger partial charge in [-0.1, -0.05) is 6.92 Å². The van der Waals surface area contributed by atoms with Crippen molar-refractivity contribution < 1.29 is 9.47 Å². The second-order valence-corrected chi connectivity index (χ2v) is 6.89. The summed E-state index contributed by atoms with van der Waals surface area (Å²) in [6, 6.07) is 0.735. The number of nitrogens with one attached hydrogen (secondary N) is 1. The first-order chi connectivity index (χ1) is 9.24. The van der Waals surface area contributed by atoms with Crippen LogP contribution in [-0.4, -0.2) is 38.5 Å². The summed E-state index contributed by atoms with van der Waals surface area (Å²) in [7, 11) is 2.12. The molecule has 3 heteroatoms. The second kappa shape index (κ2) is 5.71. The van der Waals surface area contributed by atoms with E-state index < -0.39 is 0 Å². The zero-order chi connectivity index (χ0) is 13.3. The summed E-state index contributed by atoms with van der Waals surface area (Å²) < 4.78 is 11.7. The van der Waals surface area contributed by atoms with Crippen molar-refractivity contribution in [2.24, 2.45) is 17.8 Å². The number of rotatable bonds is 2. The minimum absolute atomic E-state index is 0.165. The minimum atomic E-state index is 0.165. The van der Waals surface area contributed by atoms with Crippen LogP contribution in [-0.2, 0) is 9.47 Å². The van der Waals surface area contributed by atoms with Crippen LogP contribution in [0.1, 0.15) is 45.4 Å². The quantitative estimate of drug-likeness (QED) is 0.834. The van der Waals surface area contributed by atoms with Crippen molar-refractivity contribution in [1.29, 1.82) is 0 Å². The first kappa shape index (κ1) is 13.8. The fourth-order valence-corrected chi connectivity index (χ4v) is 4.79. The van der Waals surface area contributed by atoms with Gasteiger partial charge in [-0.3, -0.25) is 0 Å². The predicted molar refractivity (Wildman–Crippen MR) is 76.2 cm³/mol. The minimum Gasteiger partial charge on any atom is -0.381 e. The van der Waals surface area contributed by atoms with Gasteiger partial charge in [-0.05, 0) is 63.3 Å². The molecule has 0 bridgehead atoms. The Bertz CT molecular complexity index is 296. The summed E-state index contributed by atoms with van der Waals surface area (Å²) in [6.07, 6.45) is 7.54. The molecule has 4 unspecified atom stereocenters. The van der Waals surface area contributed by atoms with E-state index in [0.717, 1.165) is 56.5 Å². The molecule has 3 fully saturated rings. The molecule has 3 rings (SSSR count). The summed E-state index contributed by atoms with van der Waals surface area (Å²) in [4.78, 5) is 0. The smallest absolute Gasteiger partial charge is 0.0729 e. The van der Waals surface area contributed by atoms with E-state index in [0.29, 0.717) is 0 Å². The van der Waals surface area contributed by atoms with E-state index in [9.17, 15) is 0 Å². The standard InChI is InChI=1S/C16H29NO2/c1-12-14(3-4-15(12)17-2)13-5-8-19-16(11-13)6-9-18-10-7-16/h12-15,17H,3-11H2,1-2H3. The average molecular weight is 267 g/mol. The van der Waals surface area contributed by atoms with Gasteiger partial charge in [-0.2, -0.15) is 0 Å². The summed E-state index contributed by atoms with van der Waals surface area (Å²) >= 11 is 0. The maximum Gasteiger partial charge on any atom is 0.0729 e. The highest BCUT2D eigenvalue weighted by molar-refractivity contribution is 4.96. The Hall–Kier alpha value is -0.120.